The van der Waals surface area contributed by atoms with Crippen LogP contribution in [0.2, 0.25) is 0 Å². The van der Waals surface area contributed by atoms with E-state index < -0.39 is 0 Å². The summed E-state index contributed by atoms with van der Waals surface area (Å²) < 4.78 is 0. The van der Waals surface area contributed by atoms with Crippen molar-refractivity contribution >= 4 is 21.8 Å². The molecule has 0 radical (unpaired) electrons. The van der Waals surface area contributed by atoms with E-state index in [1.54, 1.807) is 0 Å². The van der Waals surface area contributed by atoms with Crippen LogP contribution in [0.3, 0.4) is 0 Å². The van der Waals surface area contributed by atoms with E-state index in [0.717, 1.165) is 24.6 Å². The topological polar surface area (TPSA) is 29.1 Å². The van der Waals surface area contributed by atoms with Crippen LogP contribution in [0, 0.1) is 0 Å². The molecule has 0 aromatic heterocycles. The minimum atomic E-state index is -0.0424. The first-order chi connectivity index (χ1) is 8.64. The molecule has 1 amide bonds. The van der Waals surface area contributed by atoms with Gasteiger partial charge in [-0.1, -0.05) is 68.8 Å². The summed E-state index contributed by atoms with van der Waals surface area (Å²) in [5.74, 6) is 0.216. The number of carbonyl (C=O) groups excluding carboxylic acids is 1. The van der Waals surface area contributed by atoms with Gasteiger partial charge in [0.25, 0.3) is 0 Å². The molecule has 2 nitrogen and oxygen atoms in total. The van der Waals surface area contributed by atoms with Gasteiger partial charge in [0.1, 0.15) is 0 Å². The van der Waals surface area contributed by atoms with Gasteiger partial charge < -0.3 is 5.32 Å². The third kappa shape index (κ3) is 7.40. The van der Waals surface area contributed by atoms with Crippen LogP contribution in [0.5, 0.6) is 0 Å². The predicted molar refractivity (Wildman–Crippen MR) is 83.2 cm³/mol. The highest BCUT2D eigenvalue weighted by molar-refractivity contribution is 9.09. The Morgan fingerprint density at radius 3 is 2.06 bits per heavy atom. The first kappa shape index (κ1) is 17.9. The molecule has 0 fully saturated rings. The zero-order chi connectivity index (χ0) is 13.9. The number of halogens is 1. The second-order valence-electron chi connectivity index (χ2n) is 5.19. The molecule has 3 heteroatoms. The summed E-state index contributed by atoms with van der Waals surface area (Å²) in [6.07, 6.45) is 10.1. The monoisotopic (exact) mass is 319 g/mol. The highest BCUT2D eigenvalue weighted by Gasteiger charge is 2.26. The summed E-state index contributed by atoms with van der Waals surface area (Å²) in [6.45, 7) is 6.49. The number of nitrogens with one attached hydrogen (secondary N) is 1. The minimum Gasteiger partial charge on any atom is -0.350 e. The van der Waals surface area contributed by atoms with E-state index in [1.807, 2.05) is 0 Å². The third-order valence-electron chi connectivity index (χ3n) is 3.77. The van der Waals surface area contributed by atoms with Crippen molar-refractivity contribution < 1.29 is 4.79 Å². The SMILES string of the molecule is CCCCCCCCC(=O)NC(CC)(CC)CBr. The number of carbonyl (C=O) groups is 1. The lowest BCUT2D eigenvalue weighted by Gasteiger charge is -2.31. The summed E-state index contributed by atoms with van der Waals surface area (Å²) in [6, 6.07) is 0. The Morgan fingerprint density at radius 2 is 1.56 bits per heavy atom. The van der Waals surface area contributed by atoms with Crippen molar-refractivity contribution in [1.82, 2.24) is 5.32 Å². The lowest BCUT2D eigenvalue weighted by atomic mass is 9.95. The molecule has 0 atom stereocenters. The number of hydrogen-bond donors (Lipinski definition) is 1. The Balaban J connectivity index is 3.76. The van der Waals surface area contributed by atoms with Crippen molar-refractivity contribution in [3.05, 3.63) is 0 Å². The first-order valence-electron chi connectivity index (χ1n) is 7.51. The second kappa shape index (κ2) is 10.8. The van der Waals surface area contributed by atoms with Crippen molar-refractivity contribution in [3.63, 3.8) is 0 Å². The standard InChI is InChI=1S/C15H30BrNO/c1-4-7-8-9-10-11-12-14(18)17-15(5-2,6-3)13-16/h4-13H2,1-3H3,(H,17,18). The Bertz CT molecular complexity index is 206. The van der Waals surface area contributed by atoms with Crippen molar-refractivity contribution in [3.8, 4) is 0 Å². The number of rotatable bonds is 11. The fourth-order valence-corrected chi connectivity index (χ4v) is 3.01. The van der Waals surface area contributed by atoms with E-state index in [2.05, 4.69) is 42.0 Å². The lowest BCUT2D eigenvalue weighted by molar-refractivity contribution is -0.123. The molecule has 0 aromatic carbocycles. The van der Waals surface area contributed by atoms with Crippen LogP contribution >= 0.6 is 15.9 Å². The smallest absolute Gasteiger partial charge is 0.220 e. The fraction of sp³-hybridized carbons (Fsp3) is 0.933. The van der Waals surface area contributed by atoms with E-state index in [-0.39, 0.29) is 11.4 Å². The van der Waals surface area contributed by atoms with Gasteiger partial charge >= 0.3 is 0 Å². The van der Waals surface area contributed by atoms with E-state index in [1.165, 1.54) is 32.1 Å². The third-order valence-corrected chi connectivity index (χ3v) is 4.84. The Labute approximate surface area is 121 Å². The van der Waals surface area contributed by atoms with Crippen LogP contribution < -0.4 is 5.32 Å². The minimum absolute atomic E-state index is 0.0424. The van der Waals surface area contributed by atoms with E-state index in [4.69, 9.17) is 0 Å². The van der Waals surface area contributed by atoms with Gasteiger partial charge in [-0.15, -0.1) is 0 Å². The molecule has 0 aliphatic carbocycles. The average molecular weight is 320 g/mol. The van der Waals surface area contributed by atoms with Gasteiger partial charge in [0.2, 0.25) is 5.91 Å². The molecule has 0 aromatic rings. The van der Waals surface area contributed by atoms with Crippen LogP contribution in [-0.4, -0.2) is 16.8 Å². The average Bonchev–Trinajstić information content (AvgIpc) is 2.40. The van der Waals surface area contributed by atoms with Crippen LogP contribution in [-0.2, 0) is 4.79 Å². The van der Waals surface area contributed by atoms with Gasteiger partial charge in [0.15, 0.2) is 0 Å². The van der Waals surface area contributed by atoms with Gasteiger partial charge in [-0.05, 0) is 19.3 Å². The summed E-state index contributed by atoms with van der Waals surface area (Å²) >= 11 is 3.52. The zero-order valence-electron chi connectivity index (χ0n) is 12.4. The van der Waals surface area contributed by atoms with Gasteiger partial charge in [-0.2, -0.15) is 0 Å². The number of amides is 1. The summed E-state index contributed by atoms with van der Waals surface area (Å²) in [5.41, 5.74) is -0.0424. The molecule has 0 aliphatic rings. The molecule has 0 aliphatic heterocycles. The van der Waals surface area contributed by atoms with Crippen LogP contribution in [0.25, 0.3) is 0 Å². The number of alkyl halides is 1. The first-order valence-corrected chi connectivity index (χ1v) is 8.63. The fourth-order valence-electron chi connectivity index (χ4n) is 2.07. The molecule has 0 heterocycles. The van der Waals surface area contributed by atoms with Gasteiger partial charge in [0, 0.05) is 17.3 Å². The van der Waals surface area contributed by atoms with Crippen LogP contribution in [0.15, 0.2) is 0 Å². The Hall–Kier alpha value is -0.0500. The van der Waals surface area contributed by atoms with Crippen molar-refractivity contribution in [2.24, 2.45) is 0 Å². The Morgan fingerprint density at radius 1 is 1.00 bits per heavy atom. The molecule has 0 rings (SSSR count). The molecular formula is C15H30BrNO. The van der Waals surface area contributed by atoms with Crippen LogP contribution in [0.4, 0.5) is 0 Å². The lowest BCUT2D eigenvalue weighted by Crippen LogP contribution is -2.49. The predicted octanol–water partition coefficient (Wildman–Crippen LogP) is 4.81. The van der Waals surface area contributed by atoms with Gasteiger partial charge in [-0.3, -0.25) is 4.79 Å². The van der Waals surface area contributed by atoms with Crippen molar-refractivity contribution in [2.75, 3.05) is 5.33 Å². The largest absolute Gasteiger partial charge is 0.350 e. The molecule has 0 bridgehead atoms. The maximum Gasteiger partial charge on any atom is 0.220 e. The van der Waals surface area contributed by atoms with Gasteiger partial charge in [0.05, 0.1) is 0 Å². The van der Waals surface area contributed by atoms with E-state index in [0.29, 0.717) is 6.42 Å². The van der Waals surface area contributed by atoms with Crippen molar-refractivity contribution in [2.45, 2.75) is 84.1 Å². The maximum absolute atomic E-state index is 11.9. The van der Waals surface area contributed by atoms with E-state index in [9.17, 15) is 4.79 Å². The normalized spacial score (nSPS) is 11.6. The van der Waals surface area contributed by atoms with Crippen LogP contribution in [0.1, 0.15) is 78.6 Å². The van der Waals surface area contributed by atoms with E-state index >= 15 is 0 Å². The molecular weight excluding hydrogens is 290 g/mol. The summed E-state index contributed by atoms with van der Waals surface area (Å²) in [7, 11) is 0. The zero-order valence-corrected chi connectivity index (χ0v) is 13.9. The summed E-state index contributed by atoms with van der Waals surface area (Å²) in [5, 5.41) is 4.04. The highest BCUT2D eigenvalue weighted by Crippen LogP contribution is 2.18. The second-order valence-corrected chi connectivity index (χ2v) is 5.75. The number of unbranched alkanes of at least 4 members (excludes halogenated alkanes) is 5. The molecule has 108 valence electrons. The summed E-state index contributed by atoms with van der Waals surface area (Å²) in [4.78, 5) is 11.9. The van der Waals surface area contributed by atoms with Gasteiger partial charge in [-0.25, -0.2) is 0 Å². The molecule has 0 spiro atoms. The highest BCUT2D eigenvalue weighted by atomic mass is 79.9. The van der Waals surface area contributed by atoms with Crippen molar-refractivity contribution in [1.29, 1.82) is 0 Å². The molecule has 0 unspecified atom stereocenters. The molecule has 0 saturated heterocycles. The molecule has 0 saturated carbocycles. The quantitative estimate of drug-likeness (QED) is 0.430. The molecule has 18 heavy (non-hydrogen) atoms. The molecule has 1 N–H and O–H groups in total. The Kier molecular flexibility index (Phi) is 10.8. The maximum atomic E-state index is 11.9. The number of hydrogen-bond acceptors (Lipinski definition) is 1.